The van der Waals surface area contributed by atoms with Crippen LogP contribution in [0.25, 0.3) is 11.4 Å². The van der Waals surface area contributed by atoms with Crippen LogP contribution >= 0.6 is 0 Å². The molecule has 33 heavy (non-hydrogen) atoms. The van der Waals surface area contributed by atoms with E-state index in [4.69, 9.17) is 4.74 Å². The van der Waals surface area contributed by atoms with E-state index < -0.39 is 0 Å². The fraction of sp³-hybridized carbons (Fsp3) is 0.690. The average molecular weight is 454 g/mol. The molecule has 2 aromatic heterocycles. The highest BCUT2D eigenvalue weighted by Crippen LogP contribution is 2.17. The van der Waals surface area contributed by atoms with Crippen LogP contribution < -0.4 is 4.74 Å². The molecule has 0 unspecified atom stereocenters. The van der Waals surface area contributed by atoms with Crippen molar-refractivity contribution in [3.05, 3.63) is 36.4 Å². The van der Waals surface area contributed by atoms with E-state index in [1.807, 2.05) is 6.20 Å². The fourth-order valence-corrected chi connectivity index (χ4v) is 4.11. The summed E-state index contributed by atoms with van der Waals surface area (Å²) in [6.07, 6.45) is 27.7. The minimum atomic E-state index is 0.709. The Balaban J connectivity index is 1.58. The van der Waals surface area contributed by atoms with E-state index in [-0.39, 0.29) is 0 Å². The number of ether oxygens (including phenoxy) is 1. The summed E-state index contributed by atoms with van der Waals surface area (Å²) in [6.45, 7) is 5.28. The topological polar surface area (TPSA) is 47.9 Å². The summed E-state index contributed by atoms with van der Waals surface area (Å²) in [7, 11) is 0. The minimum absolute atomic E-state index is 0.709. The SMILES string of the molecule is CCCCCCCCCCCOc1cnc(-c2ccc(CCCCCCCCC)nc2)nc1. The van der Waals surface area contributed by atoms with Gasteiger partial charge >= 0.3 is 0 Å². The smallest absolute Gasteiger partial charge is 0.160 e. The molecule has 0 N–H and O–H groups in total. The zero-order valence-corrected chi connectivity index (χ0v) is 21.4. The molecule has 2 aromatic rings. The summed E-state index contributed by atoms with van der Waals surface area (Å²) in [4.78, 5) is 13.6. The number of rotatable bonds is 20. The summed E-state index contributed by atoms with van der Waals surface area (Å²) in [6, 6.07) is 4.20. The van der Waals surface area contributed by atoms with E-state index in [9.17, 15) is 0 Å². The maximum Gasteiger partial charge on any atom is 0.160 e. The van der Waals surface area contributed by atoms with Crippen molar-refractivity contribution >= 4 is 0 Å². The van der Waals surface area contributed by atoms with Crippen LogP contribution in [-0.2, 0) is 6.42 Å². The normalized spacial score (nSPS) is 11.1. The molecule has 0 saturated heterocycles. The van der Waals surface area contributed by atoms with Gasteiger partial charge in [0.15, 0.2) is 11.6 Å². The van der Waals surface area contributed by atoms with Crippen LogP contribution in [-0.4, -0.2) is 21.6 Å². The Hall–Kier alpha value is -1.97. The van der Waals surface area contributed by atoms with E-state index in [1.54, 1.807) is 12.4 Å². The number of nitrogens with zero attached hydrogens (tertiary/aromatic N) is 3. The molecule has 4 nitrogen and oxygen atoms in total. The third-order valence-corrected chi connectivity index (χ3v) is 6.26. The van der Waals surface area contributed by atoms with Crippen molar-refractivity contribution in [1.29, 1.82) is 0 Å². The van der Waals surface area contributed by atoms with Crippen LogP contribution in [0.3, 0.4) is 0 Å². The van der Waals surface area contributed by atoms with Crippen LogP contribution in [0.1, 0.15) is 122 Å². The predicted molar refractivity (Wildman–Crippen MR) is 140 cm³/mol. The van der Waals surface area contributed by atoms with Gasteiger partial charge in [-0.15, -0.1) is 0 Å². The van der Waals surface area contributed by atoms with E-state index in [1.165, 1.54) is 96.3 Å². The van der Waals surface area contributed by atoms with Gasteiger partial charge in [-0.2, -0.15) is 0 Å². The molecule has 4 heteroatoms. The number of hydrogen-bond donors (Lipinski definition) is 0. The zero-order valence-electron chi connectivity index (χ0n) is 21.4. The summed E-state index contributed by atoms with van der Waals surface area (Å²) in [5, 5.41) is 0. The van der Waals surface area contributed by atoms with Gasteiger partial charge in [0, 0.05) is 17.5 Å². The first-order valence-corrected chi connectivity index (χ1v) is 13.7. The first-order valence-electron chi connectivity index (χ1n) is 13.7. The molecule has 0 fully saturated rings. The van der Waals surface area contributed by atoms with Gasteiger partial charge in [-0.05, 0) is 31.4 Å². The second-order valence-corrected chi connectivity index (χ2v) is 9.33. The summed E-state index contributed by atoms with van der Waals surface area (Å²) >= 11 is 0. The molecule has 184 valence electrons. The fourth-order valence-electron chi connectivity index (χ4n) is 4.11. The maximum absolute atomic E-state index is 5.82. The number of aryl methyl sites for hydroxylation is 1. The van der Waals surface area contributed by atoms with Crippen molar-refractivity contribution in [3.8, 4) is 17.1 Å². The van der Waals surface area contributed by atoms with Gasteiger partial charge in [0.25, 0.3) is 0 Å². The summed E-state index contributed by atoms with van der Waals surface area (Å²) in [5.74, 6) is 1.46. The van der Waals surface area contributed by atoms with Gasteiger partial charge in [0.2, 0.25) is 0 Å². The van der Waals surface area contributed by atoms with Gasteiger partial charge in [-0.25, -0.2) is 9.97 Å². The second kappa shape index (κ2) is 18.5. The van der Waals surface area contributed by atoms with Crippen LogP contribution in [0, 0.1) is 0 Å². The quantitative estimate of drug-likeness (QED) is 0.188. The van der Waals surface area contributed by atoms with Crippen molar-refractivity contribution in [2.24, 2.45) is 0 Å². The second-order valence-electron chi connectivity index (χ2n) is 9.33. The lowest BCUT2D eigenvalue weighted by molar-refractivity contribution is 0.302. The van der Waals surface area contributed by atoms with E-state index in [2.05, 4.69) is 40.9 Å². The molecule has 2 heterocycles. The number of unbranched alkanes of at least 4 members (excludes halogenated alkanes) is 14. The summed E-state index contributed by atoms with van der Waals surface area (Å²) in [5.41, 5.74) is 2.12. The van der Waals surface area contributed by atoms with E-state index in [0.717, 1.165) is 36.5 Å². The van der Waals surface area contributed by atoms with Crippen molar-refractivity contribution in [3.63, 3.8) is 0 Å². The monoisotopic (exact) mass is 453 g/mol. The minimum Gasteiger partial charge on any atom is -0.490 e. The third kappa shape index (κ3) is 12.7. The lowest BCUT2D eigenvalue weighted by Crippen LogP contribution is -1.99. The number of pyridine rings is 1. The molecule has 0 amide bonds. The highest BCUT2D eigenvalue weighted by molar-refractivity contribution is 5.53. The molecule has 0 aliphatic heterocycles. The zero-order chi connectivity index (χ0) is 23.4. The standard InChI is InChI=1S/C29H47N3O/c1-3-5-7-9-11-12-14-16-18-22-33-28-24-31-29(32-25-28)26-20-21-27(30-23-26)19-17-15-13-10-8-6-4-2/h20-21,23-25H,3-19,22H2,1-2H3. The van der Waals surface area contributed by atoms with Crippen molar-refractivity contribution in [1.82, 2.24) is 15.0 Å². The largest absolute Gasteiger partial charge is 0.490 e. The molecule has 0 aliphatic rings. The van der Waals surface area contributed by atoms with Gasteiger partial charge < -0.3 is 4.74 Å². The Morgan fingerprint density at radius 2 is 1.12 bits per heavy atom. The molecule has 0 aliphatic carbocycles. The van der Waals surface area contributed by atoms with E-state index >= 15 is 0 Å². The molecular weight excluding hydrogens is 406 g/mol. The first kappa shape index (κ1) is 27.3. The molecule has 2 rings (SSSR count). The Labute approximate surface area is 203 Å². The lowest BCUT2D eigenvalue weighted by atomic mass is 10.1. The van der Waals surface area contributed by atoms with Crippen LogP contribution in [0.4, 0.5) is 0 Å². The van der Waals surface area contributed by atoms with Crippen LogP contribution in [0.2, 0.25) is 0 Å². The van der Waals surface area contributed by atoms with Crippen LogP contribution in [0.15, 0.2) is 30.7 Å². The lowest BCUT2D eigenvalue weighted by Gasteiger charge is -2.07. The maximum atomic E-state index is 5.82. The molecule has 0 atom stereocenters. The predicted octanol–water partition coefficient (Wildman–Crippen LogP) is 8.74. The average Bonchev–Trinajstić information content (AvgIpc) is 2.85. The van der Waals surface area contributed by atoms with Gasteiger partial charge in [-0.3, -0.25) is 4.98 Å². The number of aromatic nitrogens is 3. The van der Waals surface area contributed by atoms with Crippen LogP contribution in [0.5, 0.6) is 5.75 Å². The Morgan fingerprint density at radius 1 is 0.576 bits per heavy atom. The molecule has 0 aromatic carbocycles. The number of hydrogen-bond acceptors (Lipinski definition) is 4. The Kier molecular flexibility index (Phi) is 15.3. The highest BCUT2D eigenvalue weighted by Gasteiger charge is 2.04. The van der Waals surface area contributed by atoms with Gasteiger partial charge in [0.05, 0.1) is 19.0 Å². The highest BCUT2D eigenvalue weighted by atomic mass is 16.5. The third-order valence-electron chi connectivity index (χ3n) is 6.26. The molecule has 0 spiro atoms. The van der Waals surface area contributed by atoms with Gasteiger partial charge in [0.1, 0.15) is 0 Å². The first-order chi connectivity index (χ1) is 16.3. The van der Waals surface area contributed by atoms with Crippen molar-refractivity contribution < 1.29 is 4.74 Å². The molecular formula is C29H47N3O. The molecule has 0 bridgehead atoms. The Bertz CT molecular complexity index is 700. The summed E-state index contributed by atoms with van der Waals surface area (Å²) < 4.78 is 5.82. The van der Waals surface area contributed by atoms with E-state index in [0.29, 0.717) is 5.82 Å². The molecule has 0 saturated carbocycles. The Morgan fingerprint density at radius 3 is 1.67 bits per heavy atom. The molecule has 0 radical (unpaired) electrons. The van der Waals surface area contributed by atoms with Gasteiger partial charge in [-0.1, -0.05) is 104 Å². The van der Waals surface area contributed by atoms with Crippen molar-refractivity contribution in [2.45, 2.75) is 123 Å². The van der Waals surface area contributed by atoms with Crippen molar-refractivity contribution in [2.75, 3.05) is 6.61 Å².